The highest BCUT2D eigenvalue weighted by molar-refractivity contribution is 7.90. The Balaban J connectivity index is 1.89. The lowest BCUT2D eigenvalue weighted by Gasteiger charge is -2.23. The number of hydrogen-bond donors (Lipinski definition) is 1. The van der Waals surface area contributed by atoms with Crippen molar-refractivity contribution in [2.75, 3.05) is 18.6 Å². The molecule has 1 N–H and O–H groups in total. The van der Waals surface area contributed by atoms with E-state index in [4.69, 9.17) is 0 Å². The van der Waals surface area contributed by atoms with Crippen LogP contribution >= 0.6 is 0 Å². The zero-order valence-corrected chi connectivity index (χ0v) is 13.2. The van der Waals surface area contributed by atoms with Crippen molar-refractivity contribution in [1.82, 2.24) is 5.32 Å². The van der Waals surface area contributed by atoms with Gasteiger partial charge < -0.3 is 5.32 Å². The first-order valence-corrected chi connectivity index (χ1v) is 9.48. The first-order chi connectivity index (χ1) is 9.46. The summed E-state index contributed by atoms with van der Waals surface area (Å²) in [5.74, 6) is 1.01. The Morgan fingerprint density at radius 3 is 2.60 bits per heavy atom. The van der Waals surface area contributed by atoms with E-state index in [0.29, 0.717) is 12.0 Å². The molecule has 0 bridgehead atoms. The van der Waals surface area contributed by atoms with Crippen LogP contribution in [0.2, 0.25) is 0 Å². The maximum atomic E-state index is 11.3. The minimum absolute atomic E-state index is 0.169. The SMILES string of the molecule is CC(CNC1CCCC1c1ccccc1)CS(C)(=O)=O. The lowest BCUT2D eigenvalue weighted by Crippen LogP contribution is -2.36. The van der Waals surface area contributed by atoms with Crippen LogP contribution in [0.15, 0.2) is 30.3 Å². The average Bonchev–Trinajstić information content (AvgIpc) is 2.83. The summed E-state index contributed by atoms with van der Waals surface area (Å²) in [5.41, 5.74) is 1.40. The van der Waals surface area contributed by atoms with E-state index in [1.165, 1.54) is 31.1 Å². The maximum absolute atomic E-state index is 11.3. The van der Waals surface area contributed by atoms with Gasteiger partial charge in [0.15, 0.2) is 0 Å². The summed E-state index contributed by atoms with van der Waals surface area (Å²) in [5, 5.41) is 3.59. The van der Waals surface area contributed by atoms with Gasteiger partial charge in [0, 0.05) is 12.3 Å². The number of nitrogens with one attached hydrogen (secondary N) is 1. The van der Waals surface area contributed by atoms with Crippen LogP contribution in [0.5, 0.6) is 0 Å². The van der Waals surface area contributed by atoms with Gasteiger partial charge in [-0.2, -0.15) is 0 Å². The number of sulfone groups is 1. The van der Waals surface area contributed by atoms with Gasteiger partial charge in [0.05, 0.1) is 5.75 Å². The van der Waals surface area contributed by atoms with Crippen molar-refractivity contribution in [2.45, 2.75) is 38.1 Å². The predicted octanol–water partition coefficient (Wildman–Crippen LogP) is 2.59. The Morgan fingerprint density at radius 2 is 1.95 bits per heavy atom. The van der Waals surface area contributed by atoms with E-state index in [1.54, 1.807) is 0 Å². The molecule has 1 fully saturated rings. The molecule has 20 heavy (non-hydrogen) atoms. The van der Waals surface area contributed by atoms with Crippen molar-refractivity contribution in [2.24, 2.45) is 5.92 Å². The van der Waals surface area contributed by atoms with E-state index in [1.807, 2.05) is 6.92 Å². The van der Waals surface area contributed by atoms with Gasteiger partial charge in [-0.3, -0.25) is 0 Å². The quantitative estimate of drug-likeness (QED) is 0.877. The molecule has 0 aliphatic heterocycles. The van der Waals surface area contributed by atoms with Crippen molar-refractivity contribution in [3.63, 3.8) is 0 Å². The van der Waals surface area contributed by atoms with Crippen LogP contribution in [0.4, 0.5) is 0 Å². The summed E-state index contributed by atoms with van der Waals surface area (Å²) in [6.07, 6.45) is 4.97. The summed E-state index contributed by atoms with van der Waals surface area (Å²) in [7, 11) is -2.87. The highest BCUT2D eigenvalue weighted by Crippen LogP contribution is 2.34. The molecular formula is C16H25NO2S. The summed E-state index contributed by atoms with van der Waals surface area (Å²) in [6, 6.07) is 11.1. The molecule has 0 heterocycles. The number of hydrogen-bond acceptors (Lipinski definition) is 3. The predicted molar refractivity (Wildman–Crippen MR) is 83.7 cm³/mol. The second-order valence-corrected chi connectivity index (χ2v) is 8.35. The minimum atomic E-state index is -2.87. The molecule has 112 valence electrons. The fraction of sp³-hybridized carbons (Fsp3) is 0.625. The lowest BCUT2D eigenvalue weighted by molar-refractivity contribution is 0.438. The fourth-order valence-corrected chi connectivity index (χ4v) is 4.38. The lowest BCUT2D eigenvalue weighted by atomic mass is 9.94. The second kappa shape index (κ2) is 6.72. The van der Waals surface area contributed by atoms with Crippen LogP contribution in [0.25, 0.3) is 0 Å². The van der Waals surface area contributed by atoms with Crippen LogP contribution in [0.3, 0.4) is 0 Å². The van der Waals surface area contributed by atoms with Crippen LogP contribution in [0, 0.1) is 5.92 Å². The molecule has 1 aliphatic rings. The first-order valence-electron chi connectivity index (χ1n) is 7.42. The normalized spacial score (nSPS) is 24.7. The first kappa shape index (κ1) is 15.5. The summed E-state index contributed by atoms with van der Waals surface area (Å²) in [6.45, 7) is 2.78. The van der Waals surface area contributed by atoms with Gasteiger partial charge in [0.25, 0.3) is 0 Å². The highest BCUT2D eigenvalue weighted by Gasteiger charge is 2.28. The monoisotopic (exact) mass is 295 g/mol. The van der Waals surface area contributed by atoms with Crippen molar-refractivity contribution in [3.05, 3.63) is 35.9 Å². The Bertz CT molecular complexity index is 513. The van der Waals surface area contributed by atoms with Crippen molar-refractivity contribution < 1.29 is 8.42 Å². The molecule has 2 rings (SSSR count). The molecule has 3 unspecified atom stereocenters. The zero-order valence-electron chi connectivity index (χ0n) is 12.4. The van der Waals surface area contributed by atoms with Gasteiger partial charge in [-0.1, -0.05) is 43.7 Å². The molecule has 0 radical (unpaired) electrons. The third-order valence-electron chi connectivity index (χ3n) is 4.06. The van der Waals surface area contributed by atoms with E-state index in [9.17, 15) is 8.42 Å². The largest absolute Gasteiger partial charge is 0.313 e. The van der Waals surface area contributed by atoms with Gasteiger partial charge >= 0.3 is 0 Å². The molecule has 1 aliphatic carbocycles. The third kappa shape index (κ3) is 4.60. The molecule has 1 aromatic carbocycles. The van der Waals surface area contributed by atoms with Gasteiger partial charge in [0.2, 0.25) is 0 Å². The van der Waals surface area contributed by atoms with Crippen LogP contribution in [-0.4, -0.2) is 33.0 Å². The Labute approximate surface area is 122 Å². The Kier molecular flexibility index (Phi) is 5.22. The van der Waals surface area contributed by atoms with E-state index >= 15 is 0 Å². The molecule has 1 aromatic rings. The van der Waals surface area contributed by atoms with Crippen LogP contribution in [-0.2, 0) is 9.84 Å². The number of benzene rings is 1. The molecule has 3 nitrogen and oxygen atoms in total. The zero-order chi connectivity index (χ0) is 14.6. The highest BCUT2D eigenvalue weighted by atomic mass is 32.2. The molecule has 4 heteroatoms. The van der Waals surface area contributed by atoms with Gasteiger partial charge in [0.1, 0.15) is 9.84 Å². The Hall–Kier alpha value is -0.870. The molecule has 3 atom stereocenters. The second-order valence-electron chi connectivity index (χ2n) is 6.16. The average molecular weight is 295 g/mol. The van der Waals surface area contributed by atoms with Crippen molar-refractivity contribution in [1.29, 1.82) is 0 Å². The van der Waals surface area contributed by atoms with Crippen LogP contribution < -0.4 is 5.32 Å². The minimum Gasteiger partial charge on any atom is -0.313 e. The molecular weight excluding hydrogens is 270 g/mol. The summed E-state index contributed by atoms with van der Waals surface area (Å²) in [4.78, 5) is 0. The van der Waals surface area contributed by atoms with Gasteiger partial charge in [-0.05, 0) is 36.8 Å². The van der Waals surface area contributed by atoms with Gasteiger partial charge in [-0.15, -0.1) is 0 Å². The van der Waals surface area contributed by atoms with E-state index in [-0.39, 0.29) is 11.7 Å². The fourth-order valence-electron chi connectivity index (χ4n) is 3.23. The third-order valence-corrected chi connectivity index (χ3v) is 5.23. The van der Waals surface area contributed by atoms with E-state index in [2.05, 4.69) is 35.6 Å². The summed E-state index contributed by atoms with van der Waals surface area (Å²) < 4.78 is 22.6. The number of rotatable bonds is 6. The Morgan fingerprint density at radius 1 is 1.25 bits per heavy atom. The van der Waals surface area contributed by atoms with Crippen LogP contribution in [0.1, 0.15) is 37.7 Å². The van der Waals surface area contributed by atoms with Crippen molar-refractivity contribution in [3.8, 4) is 0 Å². The summed E-state index contributed by atoms with van der Waals surface area (Å²) >= 11 is 0. The molecule has 0 saturated heterocycles. The van der Waals surface area contributed by atoms with E-state index in [0.717, 1.165) is 6.54 Å². The van der Waals surface area contributed by atoms with E-state index < -0.39 is 9.84 Å². The standard InChI is InChI=1S/C16H25NO2S/c1-13(12-20(2,18)19)11-17-16-10-6-9-15(16)14-7-4-3-5-8-14/h3-5,7-8,13,15-17H,6,9-12H2,1-2H3. The van der Waals surface area contributed by atoms with Gasteiger partial charge in [-0.25, -0.2) is 8.42 Å². The topological polar surface area (TPSA) is 46.2 Å². The van der Waals surface area contributed by atoms with Crippen molar-refractivity contribution >= 4 is 9.84 Å². The molecule has 1 saturated carbocycles. The molecule has 0 aromatic heterocycles. The molecule has 0 amide bonds. The molecule has 0 spiro atoms. The maximum Gasteiger partial charge on any atom is 0.147 e. The smallest absolute Gasteiger partial charge is 0.147 e.